The summed E-state index contributed by atoms with van der Waals surface area (Å²) in [4.78, 5) is 23.2. The summed E-state index contributed by atoms with van der Waals surface area (Å²) in [5.74, 6) is -1.97. The number of benzene rings is 1. The minimum absolute atomic E-state index is 0.0265. The molecule has 0 spiro atoms. The van der Waals surface area contributed by atoms with E-state index in [1.54, 1.807) is 0 Å². The average molecular weight is 389 g/mol. The van der Waals surface area contributed by atoms with Crippen LogP contribution in [0.5, 0.6) is 0 Å². The molecule has 11 heteroatoms. The molecule has 1 aliphatic heterocycles. The Bertz CT molecular complexity index is 780. The van der Waals surface area contributed by atoms with Crippen LogP contribution in [0.2, 0.25) is 0 Å². The molecule has 1 aromatic carbocycles. The lowest BCUT2D eigenvalue weighted by atomic mass is 10.3. The van der Waals surface area contributed by atoms with Crippen molar-refractivity contribution in [3.8, 4) is 0 Å². The number of amides is 2. The summed E-state index contributed by atoms with van der Waals surface area (Å²) in [6.07, 6.45) is -0.232. The monoisotopic (exact) mass is 389 g/mol. The number of aliphatic carboxylic acids is 1. The van der Waals surface area contributed by atoms with Gasteiger partial charge >= 0.3 is 12.0 Å². The molecule has 0 aliphatic carbocycles. The zero-order chi connectivity index (χ0) is 19.3. The highest BCUT2D eigenvalue weighted by molar-refractivity contribution is 7.89. The second kappa shape index (κ2) is 8.43. The third kappa shape index (κ3) is 4.90. The van der Waals surface area contributed by atoms with Gasteiger partial charge in [0.05, 0.1) is 19.6 Å². The Labute approximate surface area is 150 Å². The summed E-state index contributed by atoms with van der Waals surface area (Å²) in [6.45, 7) is 0.672. The van der Waals surface area contributed by atoms with Crippen LogP contribution < -0.4 is 5.32 Å². The van der Waals surface area contributed by atoms with Gasteiger partial charge in [-0.25, -0.2) is 17.6 Å². The number of halogens is 1. The Morgan fingerprint density at radius 1 is 1.35 bits per heavy atom. The van der Waals surface area contributed by atoms with Gasteiger partial charge in [-0.1, -0.05) is 0 Å². The number of urea groups is 1. The summed E-state index contributed by atoms with van der Waals surface area (Å²) < 4.78 is 45.5. The van der Waals surface area contributed by atoms with Crippen LogP contribution in [0.15, 0.2) is 23.1 Å². The van der Waals surface area contributed by atoms with Crippen LogP contribution in [0.3, 0.4) is 0 Å². The zero-order valence-corrected chi connectivity index (χ0v) is 15.0. The number of carboxylic acid groups (broad SMARTS) is 1. The molecule has 9 nitrogen and oxygen atoms in total. The van der Waals surface area contributed by atoms with Crippen LogP contribution in [-0.4, -0.2) is 74.6 Å². The van der Waals surface area contributed by atoms with Crippen LogP contribution >= 0.6 is 0 Å². The van der Waals surface area contributed by atoms with E-state index in [9.17, 15) is 22.4 Å². The molecule has 0 unspecified atom stereocenters. The van der Waals surface area contributed by atoms with E-state index in [2.05, 4.69) is 5.32 Å². The van der Waals surface area contributed by atoms with Gasteiger partial charge in [-0.2, -0.15) is 4.31 Å². The van der Waals surface area contributed by atoms with Crippen LogP contribution in [0, 0.1) is 5.82 Å². The summed E-state index contributed by atoms with van der Waals surface area (Å²) in [7, 11) is -2.66. The number of sulfonamides is 1. The molecule has 2 N–H and O–H groups in total. The fraction of sp³-hybridized carbons (Fsp3) is 0.467. The van der Waals surface area contributed by atoms with Crippen LogP contribution in [0.1, 0.15) is 6.42 Å². The number of nitrogens with zero attached hydrogens (tertiary/aromatic N) is 2. The molecule has 0 radical (unpaired) electrons. The molecule has 1 aromatic rings. The lowest BCUT2D eigenvalue weighted by Gasteiger charge is -2.26. The van der Waals surface area contributed by atoms with Crippen molar-refractivity contribution in [1.82, 2.24) is 9.21 Å². The number of carboxylic acids is 1. The SMILES string of the molecule is CN(CCC(=O)O)C(=O)Nc1ccc(F)c(S(=O)(=O)N2CCOCC2)c1. The molecule has 0 aromatic heterocycles. The number of ether oxygens (including phenoxy) is 1. The normalized spacial score (nSPS) is 15.5. The molecule has 0 saturated carbocycles. The van der Waals surface area contributed by atoms with E-state index in [0.717, 1.165) is 21.3 Å². The van der Waals surface area contributed by atoms with Crippen LogP contribution in [0.4, 0.5) is 14.9 Å². The van der Waals surface area contributed by atoms with Gasteiger partial charge in [0, 0.05) is 32.4 Å². The number of carbonyl (C=O) groups is 2. The van der Waals surface area contributed by atoms with Crippen molar-refractivity contribution >= 4 is 27.7 Å². The molecule has 1 heterocycles. The minimum Gasteiger partial charge on any atom is -0.481 e. The number of hydrogen-bond donors (Lipinski definition) is 2. The van der Waals surface area contributed by atoms with Crippen molar-refractivity contribution in [2.45, 2.75) is 11.3 Å². The highest BCUT2D eigenvalue weighted by Crippen LogP contribution is 2.24. The Hall–Kier alpha value is -2.24. The van der Waals surface area contributed by atoms with Gasteiger partial charge in [-0.3, -0.25) is 4.79 Å². The minimum atomic E-state index is -4.06. The smallest absolute Gasteiger partial charge is 0.321 e. The number of morpholine rings is 1. The summed E-state index contributed by atoms with van der Waals surface area (Å²) in [5.41, 5.74) is 0.0883. The molecular weight excluding hydrogens is 369 g/mol. The van der Waals surface area contributed by atoms with E-state index >= 15 is 0 Å². The van der Waals surface area contributed by atoms with Gasteiger partial charge in [-0.05, 0) is 18.2 Å². The first-order chi connectivity index (χ1) is 12.2. The lowest BCUT2D eigenvalue weighted by molar-refractivity contribution is -0.137. The molecule has 0 bridgehead atoms. The summed E-state index contributed by atoms with van der Waals surface area (Å²) in [6, 6.07) is 2.60. The van der Waals surface area contributed by atoms with E-state index in [1.165, 1.54) is 13.1 Å². The predicted octanol–water partition coefficient (Wildman–Crippen LogP) is 0.785. The number of anilines is 1. The molecule has 0 atom stereocenters. The summed E-state index contributed by atoms with van der Waals surface area (Å²) >= 11 is 0. The molecular formula is C15H20FN3O6S. The van der Waals surface area contributed by atoms with Crippen molar-refractivity contribution in [1.29, 1.82) is 0 Å². The topological polar surface area (TPSA) is 116 Å². The maximum Gasteiger partial charge on any atom is 0.321 e. The number of carbonyl (C=O) groups excluding carboxylic acids is 1. The third-order valence-electron chi connectivity index (χ3n) is 3.78. The maximum absolute atomic E-state index is 14.1. The first kappa shape index (κ1) is 20.1. The van der Waals surface area contributed by atoms with E-state index in [1.807, 2.05) is 0 Å². The standard InChI is InChI=1S/C15H20FN3O6S/c1-18(5-4-14(20)21)15(22)17-11-2-3-12(16)13(10-11)26(23,24)19-6-8-25-9-7-19/h2-3,10H,4-9H2,1H3,(H,17,22)(H,20,21). The highest BCUT2D eigenvalue weighted by atomic mass is 32.2. The van der Waals surface area contributed by atoms with Gasteiger partial charge in [0.15, 0.2) is 0 Å². The second-order valence-electron chi connectivity index (χ2n) is 5.66. The van der Waals surface area contributed by atoms with Crippen molar-refractivity contribution < 1.29 is 32.2 Å². The first-order valence-corrected chi connectivity index (χ1v) is 9.27. The Kier molecular flexibility index (Phi) is 6.51. The van der Waals surface area contributed by atoms with Crippen molar-refractivity contribution in [2.24, 2.45) is 0 Å². The van der Waals surface area contributed by atoms with Gasteiger partial charge in [-0.15, -0.1) is 0 Å². The second-order valence-corrected chi connectivity index (χ2v) is 7.56. The van der Waals surface area contributed by atoms with Crippen molar-refractivity contribution in [3.63, 3.8) is 0 Å². The van der Waals surface area contributed by atoms with E-state index in [0.29, 0.717) is 0 Å². The van der Waals surface area contributed by atoms with Crippen LogP contribution in [0.25, 0.3) is 0 Å². The largest absolute Gasteiger partial charge is 0.481 e. The highest BCUT2D eigenvalue weighted by Gasteiger charge is 2.29. The number of hydrogen-bond acceptors (Lipinski definition) is 5. The lowest BCUT2D eigenvalue weighted by Crippen LogP contribution is -2.41. The molecule has 1 saturated heterocycles. The molecule has 26 heavy (non-hydrogen) atoms. The zero-order valence-electron chi connectivity index (χ0n) is 14.1. The van der Waals surface area contributed by atoms with Crippen molar-refractivity contribution in [2.75, 3.05) is 45.2 Å². The van der Waals surface area contributed by atoms with Gasteiger partial charge in [0.2, 0.25) is 10.0 Å². The fourth-order valence-corrected chi connectivity index (χ4v) is 3.79. The van der Waals surface area contributed by atoms with Crippen molar-refractivity contribution in [3.05, 3.63) is 24.0 Å². The van der Waals surface area contributed by atoms with E-state index < -0.39 is 32.7 Å². The number of nitrogens with one attached hydrogen (secondary N) is 1. The van der Waals surface area contributed by atoms with Gasteiger partial charge in [0.1, 0.15) is 10.7 Å². The van der Waals surface area contributed by atoms with E-state index in [-0.39, 0.29) is 45.0 Å². The summed E-state index contributed by atoms with van der Waals surface area (Å²) in [5, 5.41) is 11.1. The Morgan fingerprint density at radius 2 is 2.00 bits per heavy atom. The number of rotatable bonds is 6. The Morgan fingerprint density at radius 3 is 2.62 bits per heavy atom. The maximum atomic E-state index is 14.1. The van der Waals surface area contributed by atoms with Crippen LogP contribution in [-0.2, 0) is 19.6 Å². The van der Waals surface area contributed by atoms with Gasteiger partial charge < -0.3 is 20.1 Å². The predicted molar refractivity (Wildman–Crippen MR) is 89.9 cm³/mol. The molecule has 1 fully saturated rings. The quantitative estimate of drug-likeness (QED) is 0.743. The van der Waals surface area contributed by atoms with Gasteiger partial charge in [0.25, 0.3) is 0 Å². The first-order valence-electron chi connectivity index (χ1n) is 7.83. The Balaban J connectivity index is 2.16. The molecule has 144 valence electrons. The average Bonchev–Trinajstić information content (AvgIpc) is 2.61. The molecule has 1 aliphatic rings. The third-order valence-corrected chi connectivity index (χ3v) is 5.69. The molecule has 2 rings (SSSR count). The fourth-order valence-electron chi connectivity index (χ4n) is 2.29. The van der Waals surface area contributed by atoms with E-state index in [4.69, 9.17) is 9.84 Å². The molecule has 2 amide bonds.